The number of nitrogens with one attached hydrogen (secondary N) is 1. The SMILES string of the molecule is Cc1ccc(NC2=NC(C)CC2)c(Cl)c1. The Kier molecular flexibility index (Phi) is 2.96. The maximum absolute atomic E-state index is 6.13. The number of benzene rings is 1. The normalized spacial score (nSPS) is 20.2. The van der Waals surface area contributed by atoms with Crippen LogP contribution < -0.4 is 5.32 Å². The highest BCUT2D eigenvalue weighted by atomic mass is 35.5. The lowest BCUT2D eigenvalue weighted by Gasteiger charge is -2.08. The van der Waals surface area contributed by atoms with Gasteiger partial charge in [0.05, 0.1) is 10.7 Å². The number of aryl methyl sites for hydroxylation is 1. The number of hydrogen-bond donors (Lipinski definition) is 1. The molecule has 0 fully saturated rings. The van der Waals surface area contributed by atoms with Crippen molar-refractivity contribution in [2.45, 2.75) is 32.7 Å². The van der Waals surface area contributed by atoms with E-state index < -0.39 is 0 Å². The molecule has 1 aliphatic heterocycles. The van der Waals surface area contributed by atoms with Gasteiger partial charge in [0.15, 0.2) is 0 Å². The van der Waals surface area contributed by atoms with E-state index >= 15 is 0 Å². The average molecular weight is 223 g/mol. The number of aliphatic imine (C=N–C) groups is 1. The fourth-order valence-electron chi connectivity index (χ4n) is 1.71. The summed E-state index contributed by atoms with van der Waals surface area (Å²) in [5.74, 6) is 1.05. The molecule has 2 rings (SSSR count). The highest BCUT2D eigenvalue weighted by Gasteiger charge is 2.13. The van der Waals surface area contributed by atoms with Gasteiger partial charge in [0.1, 0.15) is 5.84 Å². The molecule has 1 aliphatic rings. The van der Waals surface area contributed by atoms with Crippen molar-refractivity contribution >= 4 is 23.1 Å². The van der Waals surface area contributed by atoms with Gasteiger partial charge in [-0.3, -0.25) is 4.99 Å². The highest BCUT2D eigenvalue weighted by Crippen LogP contribution is 2.24. The first kappa shape index (κ1) is 10.5. The second kappa shape index (κ2) is 4.23. The molecule has 80 valence electrons. The Morgan fingerprint density at radius 1 is 1.47 bits per heavy atom. The summed E-state index contributed by atoms with van der Waals surface area (Å²) >= 11 is 6.13. The Balaban J connectivity index is 2.14. The number of halogens is 1. The number of anilines is 1. The summed E-state index contributed by atoms with van der Waals surface area (Å²) in [5.41, 5.74) is 2.13. The molecule has 0 saturated heterocycles. The van der Waals surface area contributed by atoms with Gasteiger partial charge in [-0.2, -0.15) is 0 Å². The summed E-state index contributed by atoms with van der Waals surface area (Å²) in [7, 11) is 0. The zero-order chi connectivity index (χ0) is 10.8. The minimum atomic E-state index is 0.441. The van der Waals surface area contributed by atoms with Crippen LogP contribution in [0.2, 0.25) is 5.02 Å². The Labute approximate surface area is 95.4 Å². The number of rotatable bonds is 1. The van der Waals surface area contributed by atoms with Crippen molar-refractivity contribution in [3.05, 3.63) is 28.8 Å². The summed E-state index contributed by atoms with van der Waals surface area (Å²) in [5, 5.41) is 4.05. The van der Waals surface area contributed by atoms with Gasteiger partial charge in [0, 0.05) is 12.5 Å². The van der Waals surface area contributed by atoms with Crippen LogP contribution >= 0.6 is 11.6 Å². The first-order valence-corrected chi connectivity index (χ1v) is 5.63. The van der Waals surface area contributed by atoms with Crippen molar-refractivity contribution in [2.75, 3.05) is 5.32 Å². The molecular formula is C12H15ClN2. The van der Waals surface area contributed by atoms with Gasteiger partial charge in [0.25, 0.3) is 0 Å². The first-order valence-electron chi connectivity index (χ1n) is 5.25. The van der Waals surface area contributed by atoms with E-state index in [4.69, 9.17) is 11.6 Å². The lowest BCUT2D eigenvalue weighted by atomic mass is 10.2. The lowest BCUT2D eigenvalue weighted by molar-refractivity contribution is 0.739. The van der Waals surface area contributed by atoms with Gasteiger partial charge >= 0.3 is 0 Å². The van der Waals surface area contributed by atoms with Gasteiger partial charge in [-0.15, -0.1) is 0 Å². The molecule has 0 amide bonds. The van der Waals surface area contributed by atoms with Gasteiger partial charge < -0.3 is 5.32 Å². The number of nitrogens with zero attached hydrogens (tertiary/aromatic N) is 1. The molecule has 1 atom stereocenters. The van der Waals surface area contributed by atoms with Crippen LogP contribution in [0.3, 0.4) is 0 Å². The number of amidine groups is 1. The van der Waals surface area contributed by atoms with E-state index in [1.165, 1.54) is 5.56 Å². The van der Waals surface area contributed by atoms with E-state index in [1.54, 1.807) is 0 Å². The van der Waals surface area contributed by atoms with Crippen molar-refractivity contribution in [1.82, 2.24) is 0 Å². The standard InChI is InChI=1S/C12H15ClN2/c1-8-3-5-11(10(13)7-8)15-12-6-4-9(2)14-12/h3,5,7,9H,4,6H2,1-2H3,(H,14,15). The molecule has 1 unspecified atom stereocenters. The van der Waals surface area contributed by atoms with E-state index in [9.17, 15) is 0 Å². The molecule has 1 heterocycles. The number of hydrogen-bond acceptors (Lipinski definition) is 2. The average Bonchev–Trinajstić information content (AvgIpc) is 2.56. The molecule has 0 spiro atoms. The Morgan fingerprint density at radius 3 is 2.87 bits per heavy atom. The topological polar surface area (TPSA) is 24.4 Å². The van der Waals surface area contributed by atoms with Crippen LogP contribution in [0, 0.1) is 6.92 Å². The Morgan fingerprint density at radius 2 is 2.27 bits per heavy atom. The highest BCUT2D eigenvalue weighted by molar-refractivity contribution is 6.33. The van der Waals surface area contributed by atoms with E-state index in [0.29, 0.717) is 6.04 Å². The quantitative estimate of drug-likeness (QED) is 0.771. The van der Waals surface area contributed by atoms with Crippen molar-refractivity contribution in [3.63, 3.8) is 0 Å². The molecule has 1 N–H and O–H groups in total. The van der Waals surface area contributed by atoms with Gasteiger partial charge in [-0.25, -0.2) is 0 Å². The van der Waals surface area contributed by atoms with Gasteiger partial charge in [-0.05, 0) is 38.0 Å². The fraction of sp³-hybridized carbons (Fsp3) is 0.417. The Hall–Kier alpha value is -1.02. The van der Waals surface area contributed by atoms with E-state index in [1.807, 2.05) is 25.1 Å². The predicted molar refractivity (Wildman–Crippen MR) is 65.9 cm³/mol. The molecular weight excluding hydrogens is 208 g/mol. The zero-order valence-corrected chi connectivity index (χ0v) is 9.80. The first-order chi connectivity index (χ1) is 7.15. The summed E-state index contributed by atoms with van der Waals surface area (Å²) in [6, 6.07) is 6.45. The van der Waals surface area contributed by atoms with Crippen LogP contribution in [0.4, 0.5) is 5.69 Å². The molecule has 0 bridgehead atoms. The maximum atomic E-state index is 6.13. The second-order valence-electron chi connectivity index (χ2n) is 4.07. The summed E-state index contributed by atoms with van der Waals surface area (Å²) in [6.07, 6.45) is 2.15. The molecule has 2 nitrogen and oxygen atoms in total. The van der Waals surface area contributed by atoms with Crippen LogP contribution in [-0.2, 0) is 0 Å². The molecule has 0 aliphatic carbocycles. The third-order valence-electron chi connectivity index (χ3n) is 2.58. The summed E-state index contributed by atoms with van der Waals surface area (Å²) < 4.78 is 0. The zero-order valence-electron chi connectivity index (χ0n) is 9.05. The van der Waals surface area contributed by atoms with Crippen molar-refractivity contribution < 1.29 is 0 Å². The molecule has 0 saturated carbocycles. The van der Waals surface area contributed by atoms with Crippen LogP contribution in [0.15, 0.2) is 23.2 Å². The van der Waals surface area contributed by atoms with Crippen molar-refractivity contribution in [1.29, 1.82) is 0 Å². The van der Waals surface area contributed by atoms with Crippen molar-refractivity contribution in [3.8, 4) is 0 Å². The van der Waals surface area contributed by atoms with Gasteiger partial charge in [0.2, 0.25) is 0 Å². The summed E-state index contributed by atoms with van der Waals surface area (Å²) in [4.78, 5) is 4.49. The van der Waals surface area contributed by atoms with Crippen LogP contribution in [-0.4, -0.2) is 11.9 Å². The van der Waals surface area contributed by atoms with Crippen LogP contribution in [0.5, 0.6) is 0 Å². The fourth-order valence-corrected chi connectivity index (χ4v) is 1.99. The smallest absolute Gasteiger partial charge is 0.101 e. The molecule has 1 aromatic rings. The molecule has 1 aromatic carbocycles. The molecule has 0 radical (unpaired) electrons. The molecule has 0 aromatic heterocycles. The minimum Gasteiger partial charge on any atom is -0.343 e. The minimum absolute atomic E-state index is 0.441. The van der Waals surface area contributed by atoms with E-state index in [0.717, 1.165) is 29.4 Å². The van der Waals surface area contributed by atoms with Gasteiger partial charge in [-0.1, -0.05) is 17.7 Å². The van der Waals surface area contributed by atoms with Crippen LogP contribution in [0.1, 0.15) is 25.3 Å². The second-order valence-corrected chi connectivity index (χ2v) is 4.48. The van der Waals surface area contributed by atoms with Crippen LogP contribution in [0.25, 0.3) is 0 Å². The third-order valence-corrected chi connectivity index (χ3v) is 2.89. The van der Waals surface area contributed by atoms with Crippen molar-refractivity contribution in [2.24, 2.45) is 4.99 Å². The maximum Gasteiger partial charge on any atom is 0.101 e. The predicted octanol–water partition coefficient (Wildman–Crippen LogP) is 3.64. The summed E-state index contributed by atoms with van der Waals surface area (Å²) in [6.45, 7) is 4.16. The Bertz CT molecular complexity index is 399. The van der Waals surface area contributed by atoms with E-state index in [-0.39, 0.29) is 0 Å². The largest absolute Gasteiger partial charge is 0.343 e. The molecule has 3 heteroatoms. The van der Waals surface area contributed by atoms with E-state index in [2.05, 4.69) is 17.2 Å². The monoisotopic (exact) mass is 222 g/mol. The lowest BCUT2D eigenvalue weighted by Crippen LogP contribution is -2.08. The third kappa shape index (κ3) is 2.51. The molecule has 15 heavy (non-hydrogen) atoms.